The van der Waals surface area contributed by atoms with Crippen molar-refractivity contribution in [1.29, 1.82) is 0 Å². The van der Waals surface area contributed by atoms with Crippen LogP contribution in [0.3, 0.4) is 0 Å². The largest absolute Gasteiger partial charge is 0.419 e. The minimum Gasteiger partial charge on any atom is -0.408 e. The molecule has 136 valence electrons. The van der Waals surface area contributed by atoms with E-state index in [9.17, 15) is 9.59 Å². The molecule has 0 bridgehead atoms. The molecule has 4 rings (SSSR count). The average Bonchev–Trinajstić information content (AvgIpc) is 3.27. The van der Waals surface area contributed by atoms with Gasteiger partial charge >= 0.3 is 5.76 Å². The van der Waals surface area contributed by atoms with E-state index in [2.05, 4.69) is 22.4 Å². The smallest absolute Gasteiger partial charge is 0.408 e. The Balaban J connectivity index is 1.31. The van der Waals surface area contributed by atoms with Gasteiger partial charge in [-0.2, -0.15) is 0 Å². The lowest BCUT2D eigenvalue weighted by atomic mass is 10.2. The summed E-state index contributed by atoms with van der Waals surface area (Å²) < 4.78 is 6.76. The first-order chi connectivity index (χ1) is 12.7. The molecular weight excluding hydrogens is 350 g/mol. The van der Waals surface area contributed by atoms with Gasteiger partial charge in [-0.05, 0) is 23.6 Å². The third kappa shape index (κ3) is 3.59. The minimum absolute atomic E-state index is 0.0953. The van der Waals surface area contributed by atoms with Crippen LogP contribution in [0.15, 0.2) is 51.0 Å². The predicted molar refractivity (Wildman–Crippen MR) is 101 cm³/mol. The summed E-state index contributed by atoms with van der Waals surface area (Å²) >= 11 is 1.77. The van der Waals surface area contributed by atoms with Crippen molar-refractivity contribution in [1.82, 2.24) is 14.4 Å². The fraction of sp³-hybridized carbons (Fsp3) is 0.368. The molecule has 0 aliphatic carbocycles. The van der Waals surface area contributed by atoms with Crippen LogP contribution in [0.1, 0.15) is 11.3 Å². The zero-order chi connectivity index (χ0) is 17.9. The van der Waals surface area contributed by atoms with Crippen molar-refractivity contribution in [2.24, 2.45) is 0 Å². The van der Waals surface area contributed by atoms with Gasteiger partial charge in [0.25, 0.3) is 0 Å². The fourth-order valence-corrected chi connectivity index (χ4v) is 4.12. The van der Waals surface area contributed by atoms with Gasteiger partial charge in [-0.15, -0.1) is 11.3 Å². The SMILES string of the molecule is O=C(CCn1c(=O)oc2ccccc21)N1CCN(Cc2cccs2)CC1. The van der Waals surface area contributed by atoms with Crippen LogP contribution in [0.4, 0.5) is 0 Å². The first-order valence-corrected chi connectivity index (χ1v) is 9.69. The van der Waals surface area contributed by atoms with Crippen molar-refractivity contribution in [3.8, 4) is 0 Å². The van der Waals surface area contributed by atoms with Crippen molar-refractivity contribution >= 4 is 28.3 Å². The molecule has 0 atom stereocenters. The van der Waals surface area contributed by atoms with E-state index in [1.165, 1.54) is 4.88 Å². The van der Waals surface area contributed by atoms with Gasteiger partial charge in [0.2, 0.25) is 5.91 Å². The highest BCUT2D eigenvalue weighted by atomic mass is 32.1. The normalized spacial score (nSPS) is 15.6. The van der Waals surface area contributed by atoms with Gasteiger partial charge in [-0.25, -0.2) is 4.79 Å². The molecule has 0 spiro atoms. The number of carbonyl (C=O) groups excluding carboxylic acids is 1. The summed E-state index contributed by atoms with van der Waals surface area (Å²) in [5.74, 6) is -0.308. The number of para-hydroxylation sites is 2. The highest BCUT2D eigenvalue weighted by Crippen LogP contribution is 2.15. The van der Waals surface area contributed by atoms with Gasteiger partial charge in [-0.1, -0.05) is 18.2 Å². The Bertz CT molecular complexity index is 937. The number of thiophene rings is 1. The number of benzene rings is 1. The third-order valence-corrected chi connectivity index (χ3v) is 5.67. The van der Waals surface area contributed by atoms with Crippen LogP contribution < -0.4 is 5.76 Å². The van der Waals surface area contributed by atoms with Gasteiger partial charge in [0.1, 0.15) is 0 Å². The highest BCUT2D eigenvalue weighted by molar-refractivity contribution is 7.09. The quantitative estimate of drug-likeness (QED) is 0.691. The predicted octanol–water partition coefficient (Wildman–Crippen LogP) is 2.39. The summed E-state index contributed by atoms with van der Waals surface area (Å²) in [4.78, 5) is 30.2. The topological polar surface area (TPSA) is 58.7 Å². The van der Waals surface area contributed by atoms with Crippen molar-refractivity contribution in [3.05, 3.63) is 57.2 Å². The van der Waals surface area contributed by atoms with Crippen LogP contribution in [0, 0.1) is 0 Å². The van der Waals surface area contributed by atoms with Crippen LogP contribution in [0.25, 0.3) is 11.1 Å². The number of hydrogen-bond acceptors (Lipinski definition) is 5. The molecule has 0 radical (unpaired) electrons. The van der Waals surface area contributed by atoms with E-state index in [1.807, 2.05) is 23.1 Å². The maximum absolute atomic E-state index is 12.5. The summed E-state index contributed by atoms with van der Waals surface area (Å²) in [6, 6.07) is 11.5. The standard InChI is InChI=1S/C19H21N3O3S/c23-18(7-8-22-16-5-1-2-6-17(16)25-19(22)24)21-11-9-20(10-12-21)14-15-4-3-13-26-15/h1-6,13H,7-12,14H2. The van der Waals surface area contributed by atoms with Crippen LogP contribution in [0.5, 0.6) is 0 Å². The van der Waals surface area contributed by atoms with E-state index in [0.717, 1.165) is 38.2 Å². The van der Waals surface area contributed by atoms with Crippen molar-refractivity contribution in [2.75, 3.05) is 26.2 Å². The summed E-state index contributed by atoms with van der Waals surface area (Å²) in [5, 5.41) is 2.09. The number of aryl methyl sites for hydroxylation is 1. The molecule has 1 aliphatic heterocycles. The maximum atomic E-state index is 12.5. The Hall–Kier alpha value is -2.38. The molecule has 0 N–H and O–H groups in total. The van der Waals surface area contributed by atoms with Gasteiger partial charge in [-0.3, -0.25) is 14.3 Å². The number of rotatable bonds is 5. The van der Waals surface area contributed by atoms with Crippen molar-refractivity contribution in [2.45, 2.75) is 19.5 Å². The second-order valence-electron chi connectivity index (χ2n) is 6.47. The summed E-state index contributed by atoms with van der Waals surface area (Å²) in [6.07, 6.45) is 0.314. The van der Waals surface area contributed by atoms with Crippen LogP contribution in [-0.2, 0) is 17.9 Å². The van der Waals surface area contributed by atoms with Gasteiger partial charge in [0, 0.05) is 50.6 Å². The highest BCUT2D eigenvalue weighted by Gasteiger charge is 2.21. The second-order valence-corrected chi connectivity index (χ2v) is 7.51. The molecule has 1 aliphatic rings. The van der Waals surface area contributed by atoms with Crippen LogP contribution in [-0.4, -0.2) is 46.5 Å². The van der Waals surface area contributed by atoms with E-state index >= 15 is 0 Å². The molecule has 7 heteroatoms. The Labute approximate surface area is 155 Å². The second kappa shape index (κ2) is 7.47. The molecule has 3 heterocycles. The summed E-state index contributed by atoms with van der Waals surface area (Å²) in [7, 11) is 0. The lowest BCUT2D eigenvalue weighted by Gasteiger charge is -2.34. The zero-order valence-corrected chi connectivity index (χ0v) is 15.3. The Morgan fingerprint density at radius 2 is 1.88 bits per heavy atom. The number of fused-ring (bicyclic) bond motifs is 1. The maximum Gasteiger partial charge on any atom is 0.419 e. The molecule has 1 aromatic carbocycles. The van der Waals surface area contributed by atoms with Gasteiger partial charge in [0.05, 0.1) is 5.52 Å². The Morgan fingerprint density at radius 1 is 1.08 bits per heavy atom. The van der Waals surface area contributed by atoms with E-state index in [-0.39, 0.29) is 5.91 Å². The van der Waals surface area contributed by atoms with E-state index in [1.54, 1.807) is 22.0 Å². The number of carbonyl (C=O) groups is 1. The molecule has 0 saturated carbocycles. The van der Waals surface area contributed by atoms with Gasteiger partial charge in [0.15, 0.2) is 5.58 Å². The molecular formula is C19H21N3O3S. The van der Waals surface area contributed by atoms with Gasteiger partial charge < -0.3 is 9.32 Å². The fourth-order valence-electron chi connectivity index (χ4n) is 3.37. The number of hydrogen-bond donors (Lipinski definition) is 0. The number of amides is 1. The zero-order valence-electron chi connectivity index (χ0n) is 14.5. The summed E-state index contributed by atoms with van der Waals surface area (Å²) in [6.45, 7) is 4.56. The summed E-state index contributed by atoms with van der Waals surface area (Å²) in [5.41, 5.74) is 1.30. The Morgan fingerprint density at radius 3 is 2.65 bits per heavy atom. The molecule has 3 aromatic rings. The monoisotopic (exact) mass is 371 g/mol. The van der Waals surface area contributed by atoms with E-state index in [4.69, 9.17) is 4.42 Å². The Kier molecular flexibility index (Phi) is 4.90. The van der Waals surface area contributed by atoms with Crippen LogP contribution >= 0.6 is 11.3 Å². The molecule has 26 heavy (non-hydrogen) atoms. The lowest BCUT2D eigenvalue weighted by Crippen LogP contribution is -2.48. The van der Waals surface area contributed by atoms with Crippen LogP contribution in [0.2, 0.25) is 0 Å². The lowest BCUT2D eigenvalue weighted by molar-refractivity contribution is -0.133. The molecule has 6 nitrogen and oxygen atoms in total. The third-order valence-electron chi connectivity index (χ3n) is 4.81. The number of aromatic nitrogens is 1. The number of piperazine rings is 1. The number of nitrogens with zero attached hydrogens (tertiary/aromatic N) is 3. The molecule has 2 aromatic heterocycles. The molecule has 0 unspecified atom stereocenters. The molecule has 1 fully saturated rings. The first kappa shape index (κ1) is 17.1. The molecule has 1 saturated heterocycles. The average molecular weight is 371 g/mol. The number of oxazole rings is 1. The van der Waals surface area contributed by atoms with E-state index in [0.29, 0.717) is 18.5 Å². The van der Waals surface area contributed by atoms with Crippen molar-refractivity contribution in [3.63, 3.8) is 0 Å². The van der Waals surface area contributed by atoms with Crippen molar-refractivity contribution < 1.29 is 9.21 Å². The minimum atomic E-state index is -0.403. The van der Waals surface area contributed by atoms with E-state index < -0.39 is 5.76 Å². The first-order valence-electron chi connectivity index (χ1n) is 8.81. The molecule has 1 amide bonds.